The maximum Gasteiger partial charge on any atom is 0.192 e. The van der Waals surface area contributed by atoms with Crippen LogP contribution in [0.2, 0.25) is 0 Å². The molecule has 1 aromatic carbocycles. The SMILES string of the molecule is CO[SiH2]c1c(C)cc(C)cc1C. The summed E-state index contributed by atoms with van der Waals surface area (Å²) in [5.41, 5.74) is 4.13. The third-order valence-corrected chi connectivity index (χ3v) is 3.82. The zero-order valence-corrected chi connectivity index (χ0v) is 9.68. The Morgan fingerprint density at radius 1 is 1.08 bits per heavy atom. The molecule has 0 saturated carbocycles. The van der Waals surface area contributed by atoms with E-state index in [0.29, 0.717) is 0 Å². The van der Waals surface area contributed by atoms with Crippen LogP contribution in [-0.2, 0) is 4.43 Å². The summed E-state index contributed by atoms with van der Waals surface area (Å²) in [6.07, 6.45) is 0. The molecule has 0 unspecified atom stereocenters. The molecule has 1 nitrogen and oxygen atoms in total. The van der Waals surface area contributed by atoms with Crippen molar-refractivity contribution in [3.63, 3.8) is 0 Å². The first-order chi connectivity index (χ1) is 5.65. The van der Waals surface area contributed by atoms with Crippen molar-refractivity contribution in [1.82, 2.24) is 0 Å². The topological polar surface area (TPSA) is 9.23 Å². The van der Waals surface area contributed by atoms with Crippen LogP contribution >= 0.6 is 0 Å². The van der Waals surface area contributed by atoms with Crippen LogP contribution in [0, 0.1) is 20.8 Å². The first-order valence-electron chi connectivity index (χ1n) is 4.21. The monoisotopic (exact) mass is 180 g/mol. The lowest BCUT2D eigenvalue weighted by atomic mass is 10.1. The van der Waals surface area contributed by atoms with Crippen LogP contribution in [0.15, 0.2) is 12.1 Å². The standard InChI is InChI=1S/C10H16OSi/c1-7-5-8(2)10(12-11-4)9(3)6-7/h5-6H,12H2,1-4H3. The lowest BCUT2D eigenvalue weighted by molar-refractivity contribution is 0.450. The van der Waals surface area contributed by atoms with E-state index in [1.807, 2.05) is 0 Å². The molecule has 1 aromatic rings. The van der Waals surface area contributed by atoms with E-state index in [2.05, 4.69) is 32.9 Å². The second-order valence-electron chi connectivity index (χ2n) is 3.31. The van der Waals surface area contributed by atoms with Gasteiger partial charge in [0.2, 0.25) is 0 Å². The van der Waals surface area contributed by atoms with E-state index in [0.717, 1.165) is 0 Å². The molecule has 66 valence electrons. The van der Waals surface area contributed by atoms with Crippen LogP contribution in [0.5, 0.6) is 0 Å². The molecule has 0 amide bonds. The maximum atomic E-state index is 5.27. The molecule has 0 fully saturated rings. The lowest BCUT2D eigenvalue weighted by Gasteiger charge is -2.09. The van der Waals surface area contributed by atoms with Crippen LogP contribution in [-0.4, -0.2) is 16.9 Å². The van der Waals surface area contributed by atoms with Gasteiger partial charge in [0, 0.05) is 7.11 Å². The molecule has 0 aliphatic carbocycles. The van der Waals surface area contributed by atoms with Crippen LogP contribution in [0.4, 0.5) is 0 Å². The number of benzene rings is 1. The molecular formula is C10H16OSi. The first kappa shape index (κ1) is 9.48. The average molecular weight is 180 g/mol. The second-order valence-corrected chi connectivity index (χ2v) is 4.88. The normalized spacial score (nSPS) is 11.3. The number of hydrogen-bond acceptors (Lipinski definition) is 1. The fraction of sp³-hybridized carbons (Fsp3) is 0.400. The van der Waals surface area contributed by atoms with Crippen LogP contribution in [0.3, 0.4) is 0 Å². The van der Waals surface area contributed by atoms with Gasteiger partial charge in [0.1, 0.15) is 0 Å². The van der Waals surface area contributed by atoms with Gasteiger partial charge < -0.3 is 4.43 Å². The van der Waals surface area contributed by atoms with Crippen molar-refractivity contribution in [3.8, 4) is 0 Å². The second kappa shape index (κ2) is 3.87. The maximum absolute atomic E-state index is 5.27. The van der Waals surface area contributed by atoms with Gasteiger partial charge in [0.15, 0.2) is 9.76 Å². The molecule has 0 spiro atoms. The Bertz CT molecular complexity index is 258. The van der Waals surface area contributed by atoms with Gasteiger partial charge in [0.05, 0.1) is 0 Å². The Morgan fingerprint density at radius 3 is 2.00 bits per heavy atom. The van der Waals surface area contributed by atoms with Crippen LogP contribution < -0.4 is 5.19 Å². The van der Waals surface area contributed by atoms with Gasteiger partial charge in [-0.25, -0.2) is 0 Å². The van der Waals surface area contributed by atoms with Crippen molar-refractivity contribution in [2.75, 3.05) is 7.11 Å². The highest BCUT2D eigenvalue weighted by molar-refractivity contribution is 6.48. The van der Waals surface area contributed by atoms with E-state index in [1.165, 1.54) is 21.9 Å². The van der Waals surface area contributed by atoms with Gasteiger partial charge in [-0.3, -0.25) is 0 Å². The molecule has 0 heterocycles. The molecule has 1 rings (SSSR count). The largest absolute Gasteiger partial charge is 0.422 e. The van der Waals surface area contributed by atoms with E-state index in [4.69, 9.17) is 4.43 Å². The minimum Gasteiger partial charge on any atom is -0.422 e. The Kier molecular flexibility index (Phi) is 3.06. The molecule has 0 aliphatic heterocycles. The Hall–Kier alpha value is -0.603. The summed E-state index contributed by atoms with van der Waals surface area (Å²) in [6.45, 7) is 6.47. The molecule has 0 N–H and O–H groups in total. The summed E-state index contributed by atoms with van der Waals surface area (Å²) in [7, 11) is 1.32. The fourth-order valence-electron chi connectivity index (χ4n) is 1.58. The number of rotatable bonds is 2. The van der Waals surface area contributed by atoms with Crippen molar-refractivity contribution in [2.45, 2.75) is 20.8 Å². The molecule has 0 bridgehead atoms. The highest BCUT2D eigenvalue weighted by Crippen LogP contribution is 2.04. The van der Waals surface area contributed by atoms with E-state index in [9.17, 15) is 0 Å². The van der Waals surface area contributed by atoms with E-state index < -0.39 is 9.76 Å². The fourth-order valence-corrected chi connectivity index (χ4v) is 2.53. The summed E-state index contributed by atoms with van der Waals surface area (Å²) in [4.78, 5) is 0. The summed E-state index contributed by atoms with van der Waals surface area (Å²) in [5, 5.41) is 1.46. The third-order valence-electron chi connectivity index (χ3n) is 2.13. The van der Waals surface area contributed by atoms with Gasteiger partial charge >= 0.3 is 0 Å². The summed E-state index contributed by atoms with van der Waals surface area (Å²) in [6, 6.07) is 4.46. The minimum absolute atomic E-state index is 0.475. The predicted molar refractivity (Wildman–Crippen MR) is 55.8 cm³/mol. The van der Waals surface area contributed by atoms with Gasteiger partial charge in [0.25, 0.3) is 0 Å². The Balaban J connectivity index is 3.10. The average Bonchev–Trinajstić information content (AvgIpc) is 1.96. The summed E-state index contributed by atoms with van der Waals surface area (Å²) < 4.78 is 5.27. The summed E-state index contributed by atoms with van der Waals surface area (Å²) >= 11 is 0. The smallest absolute Gasteiger partial charge is 0.192 e. The van der Waals surface area contributed by atoms with E-state index in [1.54, 1.807) is 7.11 Å². The van der Waals surface area contributed by atoms with Gasteiger partial charge in [-0.2, -0.15) is 0 Å². The molecule has 0 saturated heterocycles. The van der Waals surface area contributed by atoms with Crippen LogP contribution in [0.1, 0.15) is 16.7 Å². The zero-order valence-electron chi connectivity index (χ0n) is 8.27. The predicted octanol–water partition coefficient (Wildman–Crippen LogP) is 0.967. The minimum atomic E-state index is -0.475. The number of hydrogen-bond donors (Lipinski definition) is 0. The van der Waals surface area contributed by atoms with Gasteiger partial charge in [-0.15, -0.1) is 0 Å². The van der Waals surface area contributed by atoms with E-state index in [-0.39, 0.29) is 0 Å². The summed E-state index contributed by atoms with van der Waals surface area (Å²) in [5.74, 6) is 0. The molecule has 0 atom stereocenters. The van der Waals surface area contributed by atoms with Crippen molar-refractivity contribution in [1.29, 1.82) is 0 Å². The Morgan fingerprint density at radius 2 is 1.58 bits per heavy atom. The quantitative estimate of drug-likeness (QED) is 0.616. The molecular weight excluding hydrogens is 164 g/mol. The van der Waals surface area contributed by atoms with Crippen molar-refractivity contribution in [2.24, 2.45) is 0 Å². The molecule has 0 aromatic heterocycles. The molecule has 0 radical (unpaired) electrons. The van der Waals surface area contributed by atoms with Gasteiger partial charge in [-0.1, -0.05) is 17.7 Å². The first-order valence-corrected chi connectivity index (χ1v) is 5.49. The van der Waals surface area contributed by atoms with Gasteiger partial charge in [-0.05, 0) is 37.1 Å². The molecule has 2 heteroatoms. The number of aryl methyl sites for hydroxylation is 3. The molecule has 0 aliphatic rings. The van der Waals surface area contributed by atoms with Crippen LogP contribution in [0.25, 0.3) is 0 Å². The van der Waals surface area contributed by atoms with Crippen molar-refractivity contribution < 1.29 is 4.43 Å². The van der Waals surface area contributed by atoms with E-state index >= 15 is 0 Å². The van der Waals surface area contributed by atoms with Crippen molar-refractivity contribution >= 4 is 14.9 Å². The lowest BCUT2D eigenvalue weighted by Crippen LogP contribution is -2.22. The highest BCUT2D eigenvalue weighted by Gasteiger charge is 2.02. The molecule has 12 heavy (non-hydrogen) atoms. The third kappa shape index (κ3) is 1.96. The van der Waals surface area contributed by atoms with Crippen molar-refractivity contribution in [3.05, 3.63) is 28.8 Å². The Labute approximate surface area is 76.7 Å². The highest BCUT2D eigenvalue weighted by atomic mass is 28.2. The zero-order chi connectivity index (χ0) is 9.14.